The van der Waals surface area contributed by atoms with Crippen LogP contribution in [0.5, 0.6) is 11.5 Å². The molecule has 0 N–H and O–H groups in total. The summed E-state index contributed by atoms with van der Waals surface area (Å²) < 4.78 is 23.6. The van der Waals surface area contributed by atoms with E-state index in [9.17, 15) is 0 Å². The summed E-state index contributed by atoms with van der Waals surface area (Å²) in [5.74, 6) is 2.73. The Morgan fingerprint density at radius 3 is 2.00 bits per heavy atom. The Morgan fingerprint density at radius 2 is 1.47 bits per heavy atom. The number of aryl methyl sites for hydroxylation is 2. The van der Waals surface area contributed by atoms with E-state index < -0.39 is 0 Å². The molecular weight excluding hydrogens is 386 g/mol. The first-order valence-corrected chi connectivity index (χ1v) is 9.73. The number of ether oxygens (including phenoxy) is 4. The summed E-state index contributed by atoms with van der Waals surface area (Å²) in [6, 6.07) is 5.70. The van der Waals surface area contributed by atoms with Crippen molar-refractivity contribution in [1.82, 2.24) is 19.6 Å². The Labute approximate surface area is 176 Å². The van der Waals surface area contributed by atoms with E-state index in [0.717, 1.165) is 16.8 Å². The molecule has 0 unspecified atom stereocenters. The third-order valence-corrected chi connectivity index (χ3v) is 4.85. The molecule has 0 amide bonds. The quantitative estimate of drug-likeness (QED) is 0.500. The molecular formula is C21H29N5O4. The lowest BCUT2D eigenvalue weighted by Gasteiger charge is -2.23. The predicted octanol–water partition coefficient (Wildman–Crippen LogP) is 2.52. The molecule has 0 bridgehead atoms. The molecule has 30 heavy (non-hydrogen) atoms. The van der Waals surface area contributed by atoms with Crippen molar-refractivity contribution in [3.63, 3.8) is 0 Å². The van der Waals surface area contributed by atoms with E-state index >= 15 is 0 Å². The molecule has 3 aromatic rings. The van der Waals surface area contributed by atoms with E-state index in [1.54, 1.807) is 33.0 Å². The van der Waals surface area contributed by atoms with Crippen LogP contribution < -0.4 is 14.4 Å². The minimum Gasteiger partial charge on any atom is -0.496 e. The second-order valence-electron chi connectivity index (χ2n) is 6.78. The van der Waals surface area contributed by atoms with Crippen LogP contribution in [0.4, 0.5) is 5.95 Å². The third kappa shape index (κ3) is 4.17. The maximum absolute atomic E-state index is 5.63. The number of hydrogen-bond acceptors (Lipinski definition) is 8. The fourth-order valence-corrected chi connectivity index (χ4v) is 3.44. The summed E-state index contributed by atoms with van der Waals surface area (Å²) in [6.45, 7) is 6.24. The standard InChI is InChI=1S/C21H29N5O4/c1-14-18(19-16(29-5)8-7-9-17(19)30-6)20-22-15(2)23-21(26(20)24-14)25(10-12-27-3)11-13-28-4/h7-9H,10-13H2,1-6H3. The minimum atomic E-state index is 0.557. The lowest BCUT2D eigenvalue weighted by Crippen LogP contribution is -2.33. The highest BCUT2D eigenvalue weighted by molar-refractivity contribution is 5.88. The average molecular weight is 415 g/mol. The molecule has 0 fully saturated rings. The van der Waals surface area contributed by atoms with Gasteiger partial charge in [0.15, 0.2) is 5.65 Å². The van der Waals surface area contributed by atoms with Crippen LogP contribution >= 0.6 is 0 Å². The number of anilines is 1. The third-order valence-electron chi connectivity index (χ3n) is 4.85. The van der Waals surface area contributed by atoms with Gasteiger partial charge in [0, 0.05) is 27.3 Å². The van der Waals surface area contributed by atoms with Crippen molar-refractivity contribution in [2.75, 3.05) is 59.6 Å². The van der Waals surface area contributed by atoms with E-state index in [-0.39, 0.29) is 0 Å². The van der Waals surface area contributed by atoms with E-state index in [2.05, 4.69) is 9.88 Å². The highest BCUT2D eigenvalue weighted by atomic mass is 16.5. The van der Waals surface area contributed by atoms with Gasteiger partial charge < -0.3 is 23.8 Å². The molecule has 1 aromatic carbocycles. The number of hydrogen-bond donors (Lipinski definition) is 0. The summed E-state index contributed by atoms with van der Waals surface area (Å²) >= 11 is 0. The van der Waals surface area contributed by atoms with Gasteiger partial charge in [-0.3, -0.25) is 0 Å². The van der Waals surface area contributed by atoms with E-state index in [1.807, 2.05) is 32.0 Å². The number of benzene rings is 1. The summed E-state index contributed by atoms with van der Waals surface area (Å²) in [5, 5.41) is 4.78. The van der Waals surface area contributed by atoms with Gasteiger partial charge in [0.05, 0.1) is 44.3 Å². The molecule has 0 atom stereocenters. The van der Waals surface area contributed by atoms with Crippen LogP contribution in [0.1, 0.15) is 11.5 Å². The molecule has 0 spiro atoms. The van der Waals surface area contributed by atoms with Gasteiger partial charge in [0.25, 0.3) is 0 Å². The largest absolute Gasteiger partial charge is 0.496 e. The van der Waals surface area contributed by atoms with Crippen molar-refractivity contribution in [1.29, 1.82) is 0 Å². The fourth-order valence-electron chi connectivity index (χ4n) is 3.44. The van der Waals surface area contributed by atoms with Gasteiger partial charge in [0.1, 0.15) is 17.3 Å². The van der Waals surface area contributed by atoms with Gasteiger partial charge in [-0.2, -0.15) is 14.6 Å². The normalized spacial score (nSPS) is 11.1. The van der Waals surface area contributed by atoms with Gasteiger partial charge in [-0.1, -0.05) is 6.07 Å². The van der Waals surface area contributed by atoms with Crippen molar-refractivity contribution in [3.8, 4) is 22.6 Å². The van der Waals surface area contributed by atoms with Gasteiger partial charge in [-0.25, -0.2) is 4.98 Å². The number of aromatic nitrogens is 4. The molecule has 0 saturated carbocycles. The van der Waals surface area contributed by atoms with Crippen molar-refractivity contribution >= 4 is 11.6 Å². The van der Waals surface area contributed by atoms with Crippen molar-refractivity contribution in [3.05, 3.63) is 29.7 Å². The second-order valence-corrected chi connectivity index (χ2v) is 6.78. The fraction of sp³-hybridized carbons (Fsp3) is 0.476. The molecule has 9 nitrogen and oxygen atoms in total. The Hall–Kier alpha value is -2.91. The molecule has 0 aliphatic carbocycles. The Morgan fingerprint density at radius 1 is 0.867 bits per heavy atom. The molecule has 0 saturated heterocycles. The predicted molar refractivity (Wildman–Crippen MR) is 115 cm³/mol. The SMILES string of the molecule is COCCN(CCOC)c1nc(C)nc2c(-c3c(OC)cccc3OC)c(C)nn12. The highest BCUT2D eigenvalue weighted by Crippen LogP contribution is 2.41. The molecule has 3 rings (SSSR count). The molecule has 0 aliphatic heterocycles. The number of nitrogens with zero attached hydrogens (tertiary/aromatic N) is 5. The highest BCUT2D eigenvalue weighted by Gasteiger charge is 2.24. The molecule has 162 valence electrons. The number of rotatable bonds is 10. The molecule has 0 radical (unpaired) electrons. The van der Waals surface area contributed by atoms with E-state index in [0.29, 0.717) is 55.2 Å². The zero-order valence-corrected chi connectivity index (χ0v) is 18.4. The maximum atomic E-state index is 5.63. The van der Waals surface area contributed by atoms with Crippen LogP contribution in [0.15, 0.2) is 18.2 Å². The van der Waals surface area contributed by atoms with Crippen molar-refractivity contribution in [2.24, 2.45) is 0 Å². The van der Waals surface area contributed by atoms with Gasteiger partial charge in [-0.05, 0) is 26.0 Å². The Balaban J connectivity index is 2.25. The van der Waals surface area contributed by atoms with Crippen LogP contribution in [0.3, 0.4) is 0 Å². The molecule has 2 aromatic heterocycles. The van der Waals surface area contributed by atoms with Crippen molar-refractivity contribution < 1.29 is 18.9 Å². The first-order valence-electron chi connectivity index (χ1n) is 9.73. The average Bonchev–Trinajstić information content (AvgIpc) is 3.08. The summed E-state index contributed by atoms with van der Waals surface area (Å²) in [6.07, 6.45) is 0. The number of methoxy groups -OCH3 is 4. The summed E-state index contributed by atoms with van der Waals surface area (Å²) in [7, 11) is 6.64. The van der Waals surface area contributed by atoms with E-state index in [1.165, 1.54) is 0 Å². The Kier molecular flexibility index (Phi) is 7.07. The zero-order valence-electron chi connectivity index (χ0n) is 18.4. The lowest BCUT2D eigenvalue weighted by molar-refractivity contribution is 0.189. The van der Waals surface area contributed by atoms with Crippen LogP contribution in [0.25, 0.3) is 16.8 Å². The van der Waals surface area contributed by atoms with Crippen LogP contribution in [-0.4, -0.2) is 74.3 Å². The van der Waals surface area contributed by atoms with Gasteiger partial charge in [0.2, 0.25) is 5.95 Å². The summed E-state index contributed by atoms with van der Waals surface area (Å²) in [4.78, 5) is 11.5. The smallest absolute Gasteiger partial charge is 0.230 e. The number of fused-ring (bicyclic) bond motifs is 1. The lowest BCUT2D eigenvalue weighted by atomic mass is 10.0. The second kappa shape index (κ2) is 9.73. The van der Waals surface area contributed by atoms with Crippen LogP contribution in [0, 0.1) is 13.8 Å². The van der Waals surface area contributed by atoms with E-state index in [4.69, 9.17) is 29.0 Å². The monoisotopic (exact) mass is 415 g/mol. The van der Waals surface area contributed by atoms with Gasteiger partial charge in [-0.15, -0.1) is 0 Å². The molecule has 0 aliphatic rings. The Bertz CT molecular complexity index is 974. The first kappa shape index (κ1) is 21.8. The topological polar surface area (TPSA) is 83.2 Å². The molecule has 9 heteroatoms. The van der Waals surface area contributed by atoms with Crippen LogP contribution in [0.2, 0.25) is 0 Å². The molecule has 2 heterocycles. The van der Waals surface area contributed by atoms with Crippen molar-refractivity contribution in [2.45, 2.75) is 13.8 Å². The van der Waals surface area contributed by atoms with Crippen LogP contribution in [-0.2, 0) is 9.47 Å². The van der Waals surface area contributed by atoms with Gasteiger partial charge >= 0.3 is 0 Å². The summed E-state index contributed by atoms with van der Waals surface area (Å²) in [5.41, 5.74) is 3.17. The minimum absolute atomic E-state index is 0.557. The first-order chi connectivity index (χ1) is 14.5. The zero-order chi connectivity index (χ0) is 21.7. The maximum Gasteiger partial charge on any atom is 0.230 e.